The molecule has 20 heavy (non-hydrogen) atoms. The Bertz CT molecular complexity index is 607. The molecule has 7 heteroatoms. The summed E-state index contributed by atoms with van der Waals surface area (Å²) in [7, 11) is 0. The molecule has 2 aromatic heterocycles. The summed E-state index contributed by atoms with van der Waals surface area (Å²) in [6, 6.07) is 3.77. The average molecular weight is 314 g/mol. The maximum absolute atomic E-state index is 11.9. The Morgan fingerprint density at radius 3 is 2.85 bits per heavy atom. The first-order chi connectivity index (χ1) is 9.47. The minimum atomic E-state index is -0.424. The smallest absolute Gasteiger partial charge is 0.360 e. The molecule has 0 fully saturated rings. The van der Waals surface area contributed by atoms with E-state index in [9.17, 15) is 4.79 Å². The predicted molar refractivity (Wildman–Crippen MR) is 78.3 cm³/mol. The Hall–Kier alpha value is -1.40. The Balaban J connectivity index is 2.08. The molecule has 0 aromatic carbocycles. The van der Waals surface area contributed by atoms with Crippen molar-refractivity contribution < 1.29 is 9.53 Å². The van der Waals surface area contributed by atoms with Gasteiger partial charge in [0, 0.05) is 4.88 Å². The van der Waals surface area contributed by atoms with Crippen LogP contribution in [0.15, 0.2) is 12.1 Å². The summed E-state index contributed by atoms with van der Waals surface area (Å²) in [5.41, 5.74) is 0.969. The van der Waals surface area contributed by atoms with Gasteiger partial charge in [0.1, 0.15) is 0 Å². The van der Waals surface area contributed by atoms with Crippen molar-refractivity contribution in [3.63, 3.8) is 0 Å². The molecule has 5 nitrogen and oxygen atoms in total. The van der Waals surface area contributed by atoms with Crippen LogP contribution in [0.25, 0.3) is 0 Å². The molecular formula is C13H16ClN3O2S. The van der Waals surface area contributed by atoms with Gasteiger partial charge in [0.2, 0.25) is 0 Å². The Labute approximate surface area is 126 Å². The molecule has 0 aliphatic carbocycles. The molecule has 108 valence electrons. The third-order valence-corrected chi connectivity index (χ3v) is 3.87. The molecule has 0 amide bonds. The number of ether oxygens (including phenoxy) is 1. The van der Waals surface area contributed by atoms with Crippen LogP contribution in [0.1, 0.15) is 34.9 Å². The van der Waals surface area contributed by atoms with Gasteiger partial charge >= 0.3 is 5.97 Å². The van der Waals surface area contributed by atoms with Gasteiger partial charge in [-0.3, -0.25) is 0 Å². The van der Waals surface area contributed by atoms with Gasteiger partial charge in [-0.25, -0.2) is 9.48 Å². The largest absolute Gasteiger partial charge is 0.461 e. The molecule has 0 unspecified atom stereocenters. The third-order valence-electron chi connectivity index (χ3n) is 2.66. The lowest BCUT2D eigenvalue weighted by molar-refractivity contribution is 0.0451. The molecule has 2 heterocycles. The molecule has 0 saturated heterocycles. The first-order valence-corrected chi connectivity index (χ1v) is 7.48. The second-order valence-electron chi connectivity index (χ2n) is 4.88. The van der Waals surface area contributed by atoms with Crippen molar-refractivity contribution in [3.8, 4) is 0 Å². The number of carbonyl (C=O) groups is 1. The summed E-state index contributed by atoms with van der Waals surface area (Å²) in [4.78, 5) is 12.9. The SMILES string of the molecule is Cc1c(C(=O)OCC(C)C)nnn1Cc1ccc(Cl)s1. The lowest BCUT2D eigenvalue weighted by Gasteiger charge is -2.06. The van der Waals surface area contributed by atoms with Gasteiger partial charge < -0.3 is 4.74 Å². The minimum Gasteiger partial charge on any atom is -0.461 e. The Kier molecular flexibility index (Phi) is 4.77. The topological polar surface area (TPSA) is 57.0 Å². The fourth-order valence-electron chi connectivity index (χ4n) is 1.59. The molecule has 0 aliphatic heterocycles. The summed E-state index contributed by atoms with van der Waals surface area (Å²) >= 11 is 7.38. The van der Waals surface area contributed by atoms with Gasteiger partial charge in [-0.2, -0.15) is 0 Å². The van der Waals surface area contributed by atoms with Gasteiger partial charge in [-0.1, -0.05) is 30.7 Å². The number of halogens is 1. The van der Waals surface area contributed by atoms with E-state index in [1.54, 1.807) is 11.6 Å². The molecule has 0 N–H and O–H groups in total. The normalized spacial score (nSPS) is 11.1. The molecule has 2 aromatic rings. The maximum Gasteiger partial charge on any atom is 0.360 e. The minimum absolute atomic E-state index is 0.272. The number of esters is 1. The molecular weight excluding hydrogens is 298 g/mol. The second-order valence-corrected chi connectivity index (χ2v) is 6.68. The second kappa shape index (κ2) is 6.37. The van der Waals surface area contributed by atoms with E-state index in [1.165, 1.54) is 11.3 Å². The number of carbonyl (C=O) groups excluding carboxylic acids is 1. The van der Waals surface area contributed by atoms with Crippen molar-refractivity contribution >= 4 is 28.9 Å². The molecule has 0 spiro atoms. The van der Waals surface area contributed by atoms with Gasteiger partial charge in [-0.15, -0.1) is 16.4 Å². The average Bonchev–Trinajstić information content (AvgIpc) is 2.95. The van der Waals surface area contributed by atoms with Crippen LogP contribution in [0, 0.1) is 12.8 Å². The maximum atomic E-state index is 11.9. The first kappa shape index (κ1) is 15.0. The number of hydrogen-bond donors (Lipinski definition) is 0. The quantitative estimate of drug-likeness (QED) is 0.796. The standard InChI is InChI=1S/C13H16ClN3O2S/c1-8(2)7-19-13(18)12-9(3)17(16-15-12)6-10-4-5-11(14)20-10/h4-5,8H,6-7H2,1-3H3. The van der Waals surface area contributed by atoms with E-state index < -0.39 is 5.97 Å². The summed E-state index contributed by atoms with van der Waals surface area (Å²) in [6.07, 6.45) is 0. The van der Waals surface area contributed by atoms with E-state index in [0.717, 1.165) is 9.21 Å². The Morgan fingerprint density at radius 1 is 1.50 bits per heavy atom. The highest BCUT2D eigenvalue weighted by atomic mass is 35.5. The molecule has 2 rings (SSSR count). The van der Waals surface area contributed by atoms with E-state index in [-0.39, 0.29) is 5.69 Å². The van der Waals surface area contributed by atoms with Gasteiger partial charge in [-0.05, 0) is 25.0 Å². The van der Waals surface area contributed by atoms with Crippen LogP contribution in [-0.2, 0) is 11.3 Å². The van der Waals surface area contributed by atoms with Crippen molar-refractivity contribution in [2.75, 3.05) is 6.61 Å². The fourth-order valence-corrected chi connectivity index (χ4v) is 2.66. The van der Waals surface area contributed by atoms with Crippen molar-refractivity contribution in [2.45, 2.75) is 27.3 Å². The van der Waals surface area contributed by atoms with Crippen molar-refractivity contribution in [2.24, 2.45) is 5.92 Å². The fraction of sp³-hybridized carbons (Fsp3) is 0.462. The number of thiophene rings is 1. The highest BCUT2D eigenvalue weighted by Gasteiger charge is 2.18. The van der Waals surface area contributed by atoms with Gasteiger partial charge in [0.15, 0.2) is 5.69 Å². The summed E-state index contributed by atoms with van der Waals surface area (Å²) in [5, 5.41) is 7.90. The number of aromatic nitrogens is 3. The van der Waals surface area contributed by atoms with Gasteiger partial charge in [0.05, 0.1) is 23.2 Å². The van der Waals surface area contributed by atoms with Crippen LogP contribution in [0.2, 0.25) is 4.34 Å². The first-order valence-electron chi connectivity index (χ1n) is 6.28. The number of hydrogen-bond acceptors (Lipinski definition) is 5. The van der Waals surface area contributed by atoms with E-state index in [1.807, 2.05) is 26.0 Å². The van der Waals surface area contributed by atoms with Crippen LogP contribution in [0.4, 0.5) is 0 Å². The lowest BCUT2D eigenvalue weighted by atomic mass is 10.2. The zero-order chi connectivity index (χ0) is 14.7. The van der Waals surface area contributed by atoms with Crippen molar-refractivity contribution in [3.05, 3.63) is 32.7 Å². The predicted octanol–water partition coefficient (Wildman–Crippen LogP) is 3.16. The van der Waals surface area contributed by atoms with Crippen molar-refractivity contribution in [1.82, 2.24) is 15.0 Å². The molecule has 0 saturated carbocycles. The summed E-state index contributed by atoms with van der Waals surface area (Å²) in [6.45, 7) is 6.70. The van der Waals surface area contributed by atoms with E-state index in [2.05, 4.69) is 10.3 Å². The van der Waals surface area contributed by atoms with Crippen molar-refractivity contribution in [1.29, 1.82) is 0 Å². The van der Waals surface area contributed by atoms with Gasteiger partial charge in [0.25, 0.3) is 0 Å². The van der Waals surface area contributed by atoms with E-state index in [4.69, 9.17) is 16.3 Å². The highest BCUT2D eigenvalue weighted by molar-refractivity contribution is 7.16. The van der Waals surface area contributed by atoms with E-state index in [0.29, 0.717) is 24.8 Å². The summed E-state index contributed by atoms with van der Waals surface area (Å²) in [5.74, 6) is -0.130. The van der Waals surface area contributed by atoms with E-state index >= 15 is 0 Å². The molecule has 0 bridgehead atoms. The van der Waals surface area contributed by atoms with Crippen LogP contribution >= 0.6 is 22.9 Å². The highest BCUT2D eigenvalue weighted by Crippen LogP contribution is 2.22. The van der Waals surface area contributed by atoms with Crippen LogP contribution < -0.4 is 0 Å². The zero-order valence-corrected chi connectivity index (χ0v) is 13.2. The lowest BCUT2D eigenvalue weighted by Crippen LogP contribution is -2.12. The third kappa shape index (κ3) is 3.58. The number of rotatable bonds is 5. The summed E-state index contributed by atoms with van der Waals surface area (Å²) < 4.78 is 7.57. The molecule has 0 aliphatic rings. The van der Waals surface area contributed by atoms with Crippen LogP contribution in [0.5, 0.6) is 0 Å². The number of nitrogens with zero attached hydrogens (tertiary/aromatic N) is 3. The van der Waals surface area contributed by atoms with Crippen LogP contribution in [-0.4, -0.2) is 27.6 Å². The monoisotopic (exact) mass is 313 g/mol. The molecule has 0 radical (unpaired) electrons. The van der Waals surface area contributed by atoms with Crippen LogP contribution in [0.3, 0.4) is 0 Å². The zero-order valence-electron chi connectivity index (χ0n) is 11.6. The molecule has 0 atom stereocenters. The Morgan fingerprint density at radius 2 is 2.25 bits per heavy atom.